The first-order chi connectivity index (χ1) is 15.3. The van der Waals surface area contributed by atoms with Crippen molar-refractivity contribution in [2.45, 2.75) is 38.8 Å². The van der Waals surface area contributed by atoms with E-state index in [4.69, 9.17) is 10.5 Å². The highest BCUT2D eigenvalue weighted by molar-refractivity contribution is 5.84. The van der Waals surface area contributed by atoms with Crippen LogP contribution in [-0.2, 0) is 6.54 Å². The van der Waals surface area contributed by atoms with Gasteiger partial charge in [-0.3, -0.25) is 0 Å². The minimum absolute atomic E-state index is 0.00867. The van der Waals surface area contributed by atoms with E-state index in [-0.39, 0.29) is 6.03 Å². The lowest BCUT2D eigenvalue weighted by molar-refractivity contribution is 0.000212. The number of nitrogens with zero attached hydrogens (tertiary/aromatic N) is 3. The van der Waals surface area contributed by atoms with Crippen LogP contribution in [0.3, 0.4) is 0 Å². The highest BCUT2D eigenvalue weighted by Crippen LogP contribution is 2.34. The summed E-state index contributed by atoms with van der Waals surface area (Å²) in [6, 6.07) is 10.3. The van der Waals surface area contributed by atoms with Crippen LogP contribution in [0.2, 0.25) is 0 Å². The van der Waals surface area contributed by atoms with Crippen LogP contribution in [0.5, 0.6) is 5.75 Å². The first-order valence-corrected chi connectivity index (χ1v) is 11.1. The Morgan fingerprint density at radius 1 is 1.16 bits per heavy atom. The van der Waals surface area contributed by atoms with Gasteiger partial charge in [0.2, 0.25) is 0 Å². The molecule has 8 nitrogen and oxygen atoms in total. The molecule has 3 heterocycles. The average molecular weight is 436 g/mol. The van der Waals surface area contributed by atoms with Gasteiger partial charge in [0.15, 0.2) is 5.95 Å². The van der Waals surface area contributed by atoms with Crippen molar-refractivity contribution in [1.82, 2.24) is 19.8 Å². The van der Waals surface area contributed by atoms with Crippen molar-refractivity contribution in [2.75, 3.05) is 32.0 Å². The molecule has 1 saturated heterocycles. The van der Waals surface area contributed by atoms with Crippen LogP contribution in [-0.4, -0.2) is 62.7 Å². The first kappa shape index (κ1) is 20.6. The molecule has 2 aliphatic heterocycles. The van der Waals surface area contributed by atoms with Gasteiger partial charge in [0.05, 0.1) is 29.7 Å². The van der Waals surface area contributed by atoms with Crippen molar-refractivity contribution in [3.05, 3.63) is 41.5 Å². The fraction of sp³-hybridized carbons (Fsp3) is 0.417. The van der Waals surface area contributed by atoms with E-state index in [2.05, 4.69) is 22.1 Å². The largest absolute Gasteiger partial charge is 0.491 e. The maximum absolute atomic E-state index is 13.2. The van der Waals surface area contributed by atoms with Crippen LogP contribution in [0.4, 0.5) is 10.7 Å². The molecule has 2 amide bonds. The number of aromatic amines is 1. The third-order valence-electron chi connectivity index (χ3n) is 6.54. The number of aliphatic hydroxyl groups is 1. The highest BCUT2D eigenvalue weighted by Gasteiger charge is 2.32. The lowest BCUT2D eigenvalue weighted by Gasteiger charge is -2.38. The molecule has 0 bridgehead atoms. The Morgan fingerprint density at radius 2 is 1.94 bits per heavy atom. The van der Waals surface area contributed by atoms with Crippen molar-refractivity contribution in [2.24, 2.45) is 0 Å². The monoisotopic (exact) mass is 435 g/mol. The van der Waals surface area contributed by atoms with Gasteiger partial charge in [0, 0.05) is 18.7 Å². The number of rotatable bonds is 1. The van der Waals surface area contributed by atoms with Gasteiger partial charge in [0.1, 0.15) is 12.4 Å². The lowest BCUT2D eigenvalue weighted by atomic mass is 9.94. The standard InChI is InChI=1S/C24H29N5O3/c1-15-11-17(16-3-4-19-20(13-16)27-22(25)26-19)12-18-14-29(9-10-32-21(15)18)23(30)28-7-5-24(2,31)6-8-28/h3-4,11-13,31H,5-10,14H2,1-2H3,(H3,25,26,27). The number of benzene rings is 2. The Hall–Kier alpha value is -3.26. The molecule has 2 aliphatic rings. The van der Waals surface area contributed by atoms with E-state index >= 15 is 0 Å². The van der Waals surface area contributed by atoms with Gasteiger partial charge in [-0.15, -0.1) is 0 Å². The smallest absolute Gasteiger partial charge is 0.320 e. The summed E-state index contributed by atoms with van der Waals surface area (Å²) in [5.41, 5.74) is 11.0. The molecular formula is C24H29N5O3. The molecule has 0 aliphatic carbocycles. The molecule has 0 saturated carbocycles. The molecule has 2 aromatic carbocycles. The van der Waals surface area contributed by atoms with Crippen LogP contribution < -0.4 is 10.5 Å². The number of carbonyl (C=O) groups excluding carboxylic acids is 1. The second-order valence-electron chi connectivity index (χ2n) is 9.17. The summed E-state index contributed by atoms with van der Waals surface area (Å²) in [4.78, 5) is 24.3. The third-order valence-corrected chi connectivity index (χ3v) is 6.54. The second-order valence-corrected chi connectivity index (χ2v) is 9.17. The van der Waals surface area contributed by atoms with Gasteiger partial charge < -0.3 is 30.4 Å². The molecule has 1 fully saturated rings. The van der Waals surface area contributed by atoms with Crippen molar-refractivity contribution >= 4 is 23.0 Å². The van der Waals surface area contributed by atoms with Crippen LogP contribution in [0.25, 0.3) is 22.2 Å². The molecule has 5 rings (SSSR count). The number of urea groups is 1. The van der Waals surface area contributed by atoms with Gasteiger partial charge in [-0.1, -0.05) is 6.07 Å². The third kappa shape index (κ3) is 3.86. The molecule has 8 heteroatoms. The number of hydrogen-bond acceptors (Lipinski definition) is 5. The minimum atomic E-state index is -0.683. The van der Waals surface area contributed by atoms with Crippen molar-refractivity contribution in [3.8, 4) is 16.9 Å². The Kier molecular flexibility index (Phi) is 4.97. The number of imidazole rings is 1. The summed E-state index contributed by atoms with van der Waals surface area (Å²) in [6.45, 7) is 6.52. The van der Waals surface area contributed by atoms with Crippen molar-refractivity contribution < 1.29 is 14.6 Å². The Labute approximate surface area is 187 Å². The molecule has 3 aromatic rings. The molecule has 0 unspecified atom stereocenters. The molecule has 0 spiro atoms. The van der Waals surface area contributed by atoms with E-state index in [9.17, 15) is 9.90 Å². The number of likely N-dealkylation sites (tertiary alicyclic amines) is 1. The second kappa shape index (κ2) is 7.70. The summed E-state index contributed by atoms with van der Waals surface area (Å²) in [5, 5.41) is 10.2. The number of aryl methyl sites for hydroxylation is 1. The summed E-state index contributed by atoms with van der Waals surface area (Å²) in [5.74, 6) is 1.26. The first-order valence-electron chi connectivity index (χ1n) is 11.1. The zero-order valence-electron chi connectivity index (χ0n) is 18.5. The molecular weight excluding hydrogens is 406 g/mol. The van der Waals surface area contributed by atoms with Gasteiger partial charge in [-0.25, -0.2) is 9.78 Å². The summed E-state index contributed by atoms with van der Waals surface area (Å²) >= 11 is 0. The summed E-state index contributed by atoms with van der Waals surface area (Å²) < 4.78 is 6.06. The molecule has 32 heavy (non-hydrogen) atoms. The number of nitrogen functional groups attached to an aromatic ring is 1. The predicted molar refractivity (Wildman–Crippen MR) is 123 cm³/mol. The number of ether oxygens (including phenoxy) is 1. The fourth-order valence-corrected chi connectivity index (χ4v) is 4.63. The molecule has 0 atom stereocenters. The van der Waals surface area contributed by atoms with Gasteiger partial charge >= 0.3 is 6.03 Å². The van der Waals surface area contributed by atoms with Gasteiger partial charge in [-0.05, 0) is 67.6 Å². The van der Waals surface area contributed by atoms with Crippen molar-refractivity contribution in [1.29, 1.82) is 0 Å². The summed E-state index contributed by atoms with van der Waals surface area (Å²) in [7, 11) is 0. The Balaban J connectivity index is 1.43. The molecule has 4 N–H and O–H groups in total. The zero-order valence-corrected chi connectivity index (χ0v) is 18.5. The minimum Gasteiger partial charge on any atom is -0.491 e. The average Bonchev–Trinajstić information content (AvgIpc) is 2.98. The number of piperidine rings is 1. The van der Waals surface area contributed by atoms with E-state index in [1.807, 2.05) is 41.8 Å². The van der Waals surface area contributed by atoms with Crippen LogP contribution in [0.1, 0.15) is 30.9 Å². The van der Waals surface area contributed by atoms with E-state index in [1.165, 1.54) is 0 Å². The molecule has 168 valence electrons. The number of anilines is 1. The fourth-order valence-electron chi connectivity index (χ4n) is 4.63. The number of H-pyrrole nitrogens is 1. The van der Waals surface area contributed by atoms with Crippen molar-refractivity contribution in [3.63, 3.8) is 0 Å². The van der Waals surface area contributed by atoms with Crippen LogP contribution in [0.15, 0.2) is 30.3 Å². The quantitative estimate of drug-likeness (QED) is 0.544. The number of nitrogens with two attached hydrogens (primary N) is 1. The number of fused-ring (bicyclic) bond motifs is 2. The van der Waals surface area contributed by atoms with E-state index in [0.717, 1.165) is 39.0 Å². The SMILES string of the molecule is Cc1cc(-c2ccc3nc(N)[nH]c3c2)cc2c1OCCN(C(=O)N1CCC(C)(O)CC1)C2. The number of nitrogens with one attached hydrogen (secondary N) is 1. The topological polar surface area (TPSA) is 108 Å². The number of hydrogen-bond donors (Lipinski definition) is 3. The van der Waals surface area contributed by atoms with E-state index in [1.54, 1.807) is 0 Å². The maximum atomic E-state index is 13.2. The van der Waals surface area contributed by atoms with Crippen LogP contribution >= 0.6 is 0 Å². The van der Waals surface area contributed by atoms with Gasteiger partial charge in [0.25, 0.3) is 0 Å². The summed E-state index contributed by atoms with van der Waals surface area (Å²) in [6.07, 6.45) is 1.20. The Morgan fingerprint density at radius 3 is 2.72 bits per heavy atom. The predicted octanol–water partition coefficient (Wildman–Crippen LogP) is 3.28. The lowest BCUT2D eigenvalue weighted by Crippen LogP contribution is -2.50. The maximum Gasteiger partial charge on any atom is 0.320 e. The Bertz CT molecular complexity index is 1180. The normalized spacial score (nSPS) is 18.2. The highest BCUT2D eigenvalue weighted by atomic mass is 16.5. The van der Waals surface area contributed by atoms with Gasteiger partial charge in [-0.2, -0.15) is 0 Å². The van der Waals surface area contributed by atoms with E-state index < -0.39 is 5.60 Å². The number of carbonyl (C=O) groups is 1. The zero-order chi connectivity index (χ0) is 22.5. The number of aromatic nitrogens is 2. The molecule has 1 aromatic heterocycles. The van der Waals surface area contributed by atoms with E-state index in [0.29, 0.717) is 51.6 Å². The van der Waals surface area contributed by atoms with Crippen LogP contribution in [0, 0.1) is 6.92 Å². The number of amides is 2. The molecule has 0 radical (unpaired) electrons.